The lowest BCUT2D eigenvalue weighted by atomic mass is 10.1. The van der Waals surface area contributed by atoms with Crippen LogP contribution in [0.2, 0.25) is 0 Å². The molecule has 0 saturated carbocycles. The number of hydrogen-bond acceptors (Lipinski definition) is 9. The number of furan rings is 1. The van der Waals surface area contributed by atoms with Gasteiger partial charge in [0.05, 0.1) is 35.8 Å². The van der Waals surface area contributed by atoms with Gasteiger partial charge in [0.15, 0.2) is 0 Å². The first kappa shape index (κ1) is 25.2. The van der Waals surface area contributed by atoms with E-state index in [0.717, 1.165) is 4.88 Å². The number of amides is 1. The summed E-state index contributed by atoms with van der Waals surface area (Å²) < 4.78 is 16.1. The molecule has 0 aliphatic carbocycles. The third-order valence-corrected chi connectivity index (χ3v) is 6.15. The Bertz CT molecular complexity index is 1380. The number of nitro groups is 1. The van der Waals surface area contributed by atoms with Crippen LogP contribution >= 0.6 is 11.3 Å². The van der Waals surface area contributed by atoms with Crippen LogP contribution < -0.4 is 10.1 Å². The molecule has 2 heterocycles. The SMILES string of the molecule is CCOC(=O)c1c(NC(=O)C(C#N)=Cc2ccc(-c3ccc([N+](=O)[O-])cc3OC)o2)sc(C)c1C. The molecule has 1 aromatic carbocycles. The maximum Gasteiger partial charge on any atom is 0.341 e. The fraction of sp³-hybridized carbons (Fsp3) is 0.208. The molecule has 3 aromatic rings. The minimum absolute atomic E-state index is 0.137. The number of anilines is 1. The number of nitro benzene ring substituents is 1. The fourth-order valence-corrected chi connectivity index (χ4v) is 4.24. The van der Waals surface area contributed by atoms with Gasteiger partial charge in [-0.2, -0.15) is 5.26 Å². The van der Waals surface area contributed by atoms with E-state index in [1.54, 1.807) is 26.0 Å². The summed E-state index contributed by atoms with van der Waals surface area (Å²) in [7, 11) is 1.38. The lowest BCUT2D eigenvalue weighted by molar-refractivity contribution is -0.384. The highest BCUT2D eigenvalue weighted by molar-refractivity contribution is 7.16. The summed E-state index contributed by atoms with van der Waals surface area (Å²) in [6.45, 7) is 5.44. The monoisotopic (exact) mass is 495 g/mol. The van der Waals surface area contributed by atoms with Crippen LogP contribution in [0.5, 0.6) is 5.75 Å². The molecule has 11 heteroatoms. The molecule has 1 N–H and O–H groups in total. The van der Waals surface area contributed by atoms with Crippen LogP contribution in [-0.4, -0.2) is 30.5 Å². The van der Waals surface area contributed by atoms with Crippen molar-refractivity contribution in [2.24, 2.45) is 0 Å². The molecule has 180 valence electrons. The third-order valence-electron chi connectivity index (χ3n) is 5.03. The van der Waals surface area contributed by atoms with Gasteiger partial charge in [-0.3, -0.25) is 14.9 Å². The minimum atomic E-state index is -0.717. The lowest BCUT2D eigenvalue weighted by Crippen LogP contribution is -2.16. The Morgan fingerprint density at radius 2 is 2.03 bits per heavy atom. The van der Waals surface area contributed by atoms with Crippen molar-refractivity contribution in [2.45, 2.75) is 20.8 Å². The number of nitriles is 1. The molecular formula is C24H21N3O7S. The van der Waals surface area contributed by atoms with Crippen molar-refractivity contribution in [1.82, 2.24) is 0 Å². The number of carbonyl (C=O) groups excluding carboxylic acids is 2. The number of methoxy groups -OCH3 is 1. The first-order chi connectivity index (χ1) is 16.7. The minimum Gasteiger partial charge on any atom is -0.496 e. The molecule has 0 aliphatic heterocycles. The Morgan fingerprint density at radius 3 is 2.66 bits per heavy atom. The second-order valence-corrected chi connectivity index (χ2v) is 8.40. The standard InChI is InChI=1S/C24H21N3O7S/c1-5-33-24(29)21-13(2)14(3)35-23(21)26-22(28)15(12-25)10-17-7-9-19(34-17)18-8-6-16(27(30)31)11-20(18)32-4/h6-11H,5H2,1-4H3,(H,26,28). The average Bonchev–Trinajstić information content (AvgIpc) is 3.40. The zero-order valence-corrected chi connectivity index (χ0v) is 20.1. The van der Waals surface area contributed by atoms with Gasteiger partial charge < -0.3 is 19.2 Å². The highest BCUT2D eigenvalue weighted by atomic mass is 32.1. The number of thiophene rings is 1. The smallest absolute Gasteiger partial charge is 0.341 e. The van der Waals surface area contributed by atoms with Gasteiger partial charge in [-0.1, -0.05) is 0 Å². The summed E-state index contributed by atoms with van der Waals surface area (Å²) in [5.74, 6) is -0.506. The number of carbonyl (C=O) groups is 2. The fourth-order valence-electron chi connectivity index (χ4n) is 3.20. The number of esters is 1. The number of benzene rings is 1. The normalized spacial score (nSPS) is 11.0. The van der Waals surface area contributed by atoms with Gasteiger partial charge in [0.2, 0.25) is 0 Å². The molecule has 35 heavy (non-hydrogen) atoms. The lowest BCUT2D eigenvalue weighted by Gasteiger charge is -2.07. The van der Waals surface area contributed by atoms with E-state index in [-0.39, 0.29) is 34.9 Å². The molecule has 10 nitrogen and oxygen atoms in total. The Morgan fingerprint density at radius 1 is 1.29 bits per heavy atom. The van der Waals surface area contributed by atoms with Crippen LogP contribution in [0.1, 0.15) is 33.5 Å². The predicted octanol–water partition coefficient (Wildman–Crippen LogP) is 5.26. The van der Waals surface area contributed by atoms with Gasteiger partial charge in [0, 0.05) is 17.0 Å². The van der Waals surface area contributed by atoms with E-state index in [0.29, 0.717) is 21.9 Å². The largest absolute Gasteiger partial charge is 0.496 e. The molecule has 0 spiro atoms. The van der Waals surface area contributed by atoms with Crippen LogP contribution in [0.25, 0.3) is 17.4 Å². The highest BCUT2D eigenvalue weighted by Gasteiger charge is 2.23. The quantitative estimate of drug-likeness (QED) is 0.146. The van der Waals surface area contributed by atoms with Crippen molar-refractivity contribution in [3.8, 4) is 23.1 Å². The maximum atomic E-state index is 12.8. The third kappa shape index (κ3) is 5.39. The van der Waals surface area contributed by atoms with Gasteiger partial charge in [-0.05, 0) is 44.5 Å². The van der Waals surface area contributed by atoms with Crippen LogP contribution in [0.3, 0.4) is 0 Å². The van der Waals surface area contributed by atoms with Gasteiger partial charge >= 0.3 is 5.97 Å². The second-order valence-electron chi connectivity index (χ2n) is 7.18. The number of ether oxygens (including phenoxy) is 2. The number of nitrogens with zero attached hydrogens (tertiary/aromatic N) is 2. The first-order valence-corrected chi connectivity index (χ1v) is 11.1. The van der Waals surface area contributed by atoms with Crippen molar-refractivity contribution in [1.29, 1.82) is 5.26 Å². The molecule has 0 saturated heterocycles. The molecule has 0 bridgehead atoms. The zero-order valence-electron chi connectivity index (χ0n) is 19.3. The summed E-state index contributed by atoms with van der Waals surface area (Å²) in [6, 6.07) is 9.04. The molecular weight excluding hydrogens is 474 g/mol. The molecule has 0 unspecified atom stereocenters. The summed E-state index contributed by atoms with van der Waals surface area (Å²) in [5.41, 5.74) is 1.02. The van der Waals surface area contributed by atoms with Gasteiger partial charge in [-0.15, -0.1) is 11.3 Å². The zero-order chi connectivity index (χ0) is 25.7. The van der Waals surface area contributed by atoms with E-state index >= 15 is 0 Å². The Balaban J connectivity index is 1.88. The van der Waals surface area contributed by atoms with Crippen LogP contribution in [-0.2, 0) is 9.53 Å². The van der Waals surface area contributed by atoms with Crippen LogP contribution in [0.15, 0.2) is 40.3 Å². The Labute approximate surface area is 204 Å². The highest BCUT2D eigenvalue weighted by Crippen LogP contribution is 2.35. The van der Waals surface area contributed by atoms with Crippen molar-refractivity contribution < 1.29 is 28.4 Å². The number of aryl methyl sites for hydroxylation is 1. The molecule has 3 rings (SSSR count). The number of hydrogen-bond donors (Lipinski definition) is 1. The first-order valence-electron chi connectivity index (χ1n) is 10.3. The average molecular weight is 496 g/mol. The van der Waals surface area contributed by atoms with E-state index in [2.05, 4.69) is 5.32 Å². The van der Waals surface area contributed by atoms with Crippen molar-refractivity contribution in [2.75, 3.05) is 19.0 Å². The van der Waals surface area contributed by atoms with Crippen LogP contribution in [0, 0.1) is 35.3 Å². The number of nitrogens with one attached hydrogen (secondary N) is 1. The number of non-ortho nitro benzene ring substituents is 1. The topological polar surface area (TPSA) is 145 Å². The van der Waals surface area contributed by atoms with Gasteiger partial charge in [-0.25, -0.2) is 4.79 Å². The van der Waals surface area contributed by atoms with Crippen molar-refractivity contribution in [3.05, 3.63) is 67.8 Å². The van der Waals surface area contributed by atoms with Crippen LogP contribution in [0.4, 0.5) is 10.7 Å². The number of rotatable bonds is 8. The van der Waals surface area contributed by atoms with E-state index in [1.807, 2.05) is 13.0 Å². The molecule has 0 aliphatic rings. The Kier molecular flexibility index (Phi) is 7.68. The van der Waals surface area contributed by atoms with E-state index in [9.17, 15) is 25.0 Å². The summed E-state index contributed by atoms with van der Waals surface area (Å²) in [4.78, 5) is 36.5. The summed E-state index contributed by atoms with van der Waals surface area (Å²) in [6.07, 6.45) is 1.26. The summed E-state index contributed by atoms with van der Waals surface area (Å²) >= 11 is 1.21. The molecule has 2 aromatic heterocycles. The van der Waals surface area contributed by atoms with Crippen molar-refractivity contribution in [3.63, 3.8) is 0 Å². The van der Waals surface area contributed by atoms with Gasteiger partial charge in [0.1, 0.15) is 33.9 Å². The van der Waals surface area contributed by atoms with Gasteiger partial charge in [0.25, 0.3) is 11.6 Å². The second kappa shape index (κ2) is 10.7. The van der Waals surface area contributed by atoms with E-state index in [1.165, 1.54) is 42.7 Å². The predicted molar refractivity (Wildman–Crippen MR) is 129 cm³/mol. The molecule has 1 amide bonds. The summed E-state index contributed by atoms with van der Waals surface area (Å²) in [5, 5.41) is 23.5. The van der Waals surface area contributed by atoms with Crippen molar-refractivity contribution >= 4 is 40.0 Å². The maximum absolute atomic E-state index is 12.8. The Hall–Kier alpha value is -4.43. The molecule has 0 atom stereocenters. The van der Waals surface area contributed by atoms with E-state index < -0.39 is 16.8 Å². The van der Waals surface area contributed by atoms with E-state index in [4.69, 9.17) is 13.9 Å². The molecule has 0 radical (unpaired) electrons. The molecule has 0 fully saturated rings.